The van der Waals surface area contributed by atoms with Crippen LogP contribution in [0.3, 0.4) is 0 Å². The van der Waals surface area contributed by atoms with Crippen molar-refractivity contribution >= 4 is 53.1 Å². The van der Waals surface area contributed by atoms with Crippen molar-refractivity contribution in [2.75, 3.05) is 24.5 Å². The Morgan fingerprint density at radius 1 is 1.25 bits per heavy atom. The van der Waals surface area contributed by atoms with E-state index in [4.69, 9.17) is 23.2 Å². The second-order valence-corrected chi connectivity index (χ2v) is 6.80. The van der Waals surface area contributed by atoms with Crippen LogP contribution in [0.2, 0.25) is 10.0 Å². The Bertz CT molecular complexity index is 621. The number of anilines is 1. The van der Waals surface area contributed by atoms with Gasteiger partial charge in [-0.15, -0.1) is 12.4 Å². The van der Waals surface area contributed by atoms with Gasteiger partial charge in [-0.2, -0.15) is 0 Å². The molecule has 0 spiro atoms. The summed E-state index contributed by atoms with van der Waals surface area (Å²) in [6, 6.07) is 5.18. The van der Waals surface area contributed by atoms with E-state index in [9.17, 15) is 9.59 Å². The van der Waals surface area contributed by atoms with Gasteiger partial charge < -0.3 is 15.5 Å². The number of carbonyl (C=O) groups is 2. The Morgan fingerprint density at radius 3 is 2.71 bits per heavy atom. The molecule has 0 aromatic heterocycles. The lowest BCUT2D eigenvalue weighted by Gasteiger charge is -2.25. The van der Waals surface area contributed by atoms with E-state index in [1.807, 2.05) is 0 Å². The lowest BCUT2D eigenvalue weighted by molar-refractivity contribution is -0.132. The predicted octanol–water partition coefficient (Wildman–Crippen LogP) is 2.64. The molecular formula is C16H20Cl3N3O2. The van der Waals surface area contributed by atoms with E-state index in [1.165, 1.54) is 0 Å². The van der Waals surface area contributed by atoms with Crippen molar-refractivity contribution in [2.24, 2.45) is 5.92 Å². The third-order valence-corrected chi connectivity index (χ3v) is 5.12. The number of nitrogens with zero attached hydrogens (tertiary/aromatic N) is 1. The molecule has 1 aromatic rings. The van der Waals surface area contributed by atoms with Gasteiger partial charge in [0.05, 0.1) is 10.0 Å². The van der Waals surface area contributed by atoms with E-state index < -0.39 is 5.92 Å². The Hall–Kier alpha value is -1.01. The second kappa shape index (κ2) is 8.39. The zero-order valence-electron chi connectivity index (χ0n) is 13.1. The standard InChI is InChI=1S/C16H19Cl2N3O2.ClH/c17-13-4-3-11(8-14(13)18)21-7-5-12(16(21)23)15(22)20-10-2-1-6-19-9-10;/h3-4,8,10,12,19H,1-2,5-7,9H2,(H,20,22);1H/t10-,12?;/m0./s1. The number of hydrogen-bond donors (Lipinski definition) is 2. The SMILES string of the molecule is Cl.O=C(N[C@H]1CCCNC1)C1CCN(c2ccc(Cl)c(Cl)c2)C1=O. The van der Waals surface area contributed by atoms with E-state index in [-0.39, 0.29) is 30.3 Å². The first kappa shape index (κ1) is 19.3. The van der Waals surface area contributed by atoms with Crippen molar-refractivity contribution < 1.29 is 9.59 Å². The number of benzene rings is 1. The minimum absolute atomic E-state index is 0. The highest BCUT2D eigenvalue weighted by atomic mass is 35.5. The molecule has 2 saturated heterocycles. The Balaban J connectivity index is 0.00000208. The van der Waals surface area contributed by atoms with Crippen LogP contribution in [-0.4, -0.2) is 37.5 Å². The van der Waals surface area contributed by atoms with Gasteiger partial charge in [0, 0.05) is 24.8 Å². The molecule has 2 fully saturated rings. The monoisotopic (exact) mass is 391 g/mol. The number of nitrogens with one attached hydrogen (secondary N) is 2. The summed E-state index contributed by atoms with van der Waals surface area (Å²) in [6.45, 7) is 2.26. The second-order valence-electron chi connectivity index (χ2n) is 5.98. The average Bonchev–Trinajstić information content (AvgIpc) is 2.93. The number of carbonyl (C=O) groups excluding carboxylic acids is 2. The van der Waals surface area contributed by atoms with Crippen LogP contribution >= 0.6 is 35.6 Å². The summed E-state index contributed by atoms with van der Waals surface area (Å²) in [6.07, 6.45) is 2.51. The molecule has 2 aliphatic heterocycles. The van der Waals surface area contributed by atoms with Crippen LogP contribution < -0.4 is 15.5 Å². The van der Waals surface area contributed by atoms with Crippen LogP contribution in [-0.2, 0) is 9.59 Å². The van der Waals surface area contributed by atoms with Crippen LogP contribution in [0.5, 0.6) is 0 Å². The molecule has 2 heterocycles. The molecule has 2 aliphatic rings. The molecule has 1 aromatic carbocycles. The summed E-state index contributed by atoms with van der Waals surface area (Å²) >= 11 is 11.9. The lowest BCUT2D eigenvalue weighted by Crippen LogP contribution is -2.48. The summed E-state index contributed by atoms with van der Waals surface area (Å²) in [5.41, 5.74) is 0.680. The first-order valence-electron chi connectivity index (χ1n) is 7.84. The van der Waals surface area contributed by atoms with Crippen molar-refractivity contribution in [3.8, 4) is 0 Å². The van der Waals surface area contributed by atoms with Crippen LogP contribution in [0, 0.1) is 5.92 Å². The average molecular weight is 393 g/mol. The molecule has 2 N–H and O–H groups in total. The van der Waals surface area contributed by atoms with Crippen LogP contribution in [0.15, 0.2) is 18.2 Å². The summed E-state index contributed by atoms with van der Waals surface area (Å²) in [4.78, 5) is 26.5. The molecule has 24 heavy (non-hydrogen) atoms. The third-order valence-electron chi connectivity index (χ3n) is 4.38. The van der Waals surface area contributed by atoms with Gasteiger partial charge in [-0.05, 0) is 44.0 Å². The van der Waals surface area contributed by atoms with E-state index >= 15 is 0 Å². The van der Waals surface area contributed by atoms with Gasteiger partial charge in [0.15, 0.2) is 0 Å². The molecule has 0 radical (unpaired) electrons. The van der Waals surface area contributed by atoms with Crippen LogP contribution in [0.4, 0.5) is 5.69 Å². The third kappa shape index (κ3) is 4.14. The molecule has 0 aliphatic carbocycles. The summed E-state index contributed by atoms with van der Waals surface area (Å²) < 4.78 is 0. The minimum atomic E-state index is -0.619. The molecule has 5 nitrogen and oxygen atoms in total. The normalized spacial score (nSPS) is 23.8. The van der Waals surface area contributed by atoms with E-state index in [0.717, 1.165) is 25.9 Å². The molecule has 2 atom stereocenters. The quantitative estimate of drug-likeness (QED) is 0.777. The number of piperidine rings is 1. The van der Waals surface area contributed by atoms with E-state index in [0.29, 0.717) is 28.7 Å². The van der Waals surface area contributed by atoms with Crippen molar-refractivity contribution in [3.63, 3.8) is 0 Å². The zero-order chi connectivity index (χ0) is 16.4. The first-order valence-corrected chi connectivity index (χ1v) is 8.59. The maximum absolute atomic E-state index is 12.6. The van der Waals surface area contributed by atoms with Gasteiger partial charge in [-0.3, -0.25) is 9.59 Å². The molecule has 0 bridgehead atoms. The predicted molar refractivity (Wildman–Crippen MR) is 98.2 cm³/mol. The van der Waals surface area contributed by atoms with Crippen molar-refractivity contribution in [3.05, 3.63) is 28.2 Å². The fraction of sp³-hybridized carbons (Fsp3) is 0.500. The van der Waals surface area contributed by atoms with Crippen molar-refractivity contribution in [1.29, 1.82) is 0 Å². The fourth-order valence-corrected chi connectivity index (χ4v) is 3.40. The van der Waals surface area contributed by atoms with Gasteiger partial charge in [-0.25, -0.2) is 0 Å². The summed E-state index contributed by atoms with van der Waals surface area (Å²) in [5, 5.41) is 7.09. The van der Waals surface area contributed by atoms with Gasteiger partial charge in [-0.1, -0.05) is 23.2 Å². The topological polar surface area (TPSA) is 61.4 Å². The van der Waals surface area contributed by atoms with Gasteiger partial charge >= 0.3 is 0 Å². The molecule has 0 saturated carbocycles. The van der Waals surface area contributed by atoms with Crippen molar-refractivity contribution in [1.82, 2.24) is 10.6 Å². The molecular weight excluding hydrogens is 373 g/mol. The molecule has 3 rings (SSSR count). The Morgan fingerprint density at radius 2 is 2.04 bits per heavy atom. The smallest absolute Gasteiger partial charge is 0.239 e. The number of rotatable bonds is 3. The highest BCUT2D eigenvalue weighted by molar-refractivity contribution is 6.42. The van der Waals surface area contributed by atoms with Gasteiger partial charge in [0.2, 0.25) is 11.8 Å². The van der Waals surface area contributed by atoms with Gasteiger partial charge in [0.25, 0.3) is 0 Å². The molecule has 2 amide bonds. The first-order chi connectivity index (χ1) is 11.1. The summed E-state index contributed by atoms with van der Waals surface area (Å²) in [7, 11) is 0. The molecule has 8 heteroatoms. The Labute approximate surface area is 157 Å². The largest absolute Gasteiger partial charge is 0.351 e. The van der Waals surface area contributed by atoms with Crippen molar-refractivity contribution in [2.45, 2.75) is 25.3 Å². The highest BCUT2D eigenvalue weighted by Gasteiger charge is 2.38. The minimum Gasteiger partial charge on any atom is -0.351 e. The van der Waals surface area contributed by atoms with Crippen LogP contribution in [0.25, 0.3) is 0 Å². The lowest BCUT2D eigenvalue weighted by atomic mass is 10.0. The fourth-order valence-electron chi connectivity index (χ4n) is 3.11. The van der Waals surface area contributed by atoms with Gasteiger partial charge in [0.1, 0.15) is 5.92 Å². The zero-order valence-corrected chi connectivity index (χ0v) is 15.4. The highest BCUT2D eigenvalue weighted by Crippen LogP contribution is 2.31. The Kier molecular flexibility index (Phi) is 6.75. The number of hydrogen-bond acceptors (Lipinski definition) is 3. The molecule has 132 valence electrons. The van der Waals surface area contributed by atoms with E-state index in [1.54, 1.807) is 23.1 Å². The number of halogens is 3. The summed E-state index contributed by atoms with van der Waals surface area (Å²) in [5.74, 6) is -0.970. The van der Waals surface area contributed by atoms with E-state index in [2.05, 4.69) is 10.6 Å². The maximum Gasteiger partial charge on any atom is 0.239 e. The number of amides is 2. The van der Waals surface area contributed by atoms with Crippen LogP contribution in [0.1, 0.15) is 19.3 Å². The molecule has 1 unspecified atom stereocenters. The maximum atomic E-state index is 12.6.